The van der Waals surface area contributed by atoms with Crippen molar-refractivity contribution >= 4 is 27.3 Å². The molecule has 2 aliphatic rings. The molecular weight excluding hydrogens is 558 g/mol. The van der Waals surface area contributed by atoms with Crippen LogP contribution in [0.5, 0.6) is 5.75 Å². The van der Waals surface area contributed by atoms with Crippen molar-refractivity contribution in [3.05, 3.63) is 75.7 Å². The molecule has 4 N–H and O–H groups in total. The van der Waals surface area contributed by atoms with Gasteiger partial charge in [0.05, 0.1) is 29.8 Å². The standard InChI is InChI=1S/C27H30F2N6O5S/c1-27(5-6-27)16-40-24-22(14-32-35(26(24)37)20-12-18(28)11-19(29)13-20)33-7-9-34(10-8-33)41(38,39)15-17-3-2-4-21(23(17)30)25(31)36/h2-4,11-14H,5-10,15-16,30H2,1H3,(H2,31,36). The van der Waals surface area contributed by atoms with E-state index < -0.39 is 38.9 Å². The Kier molecular flexibility index (Phi) is 7.46. The number of primary amides is 1. The van der Waals surface area contributed by atoms with Gasteiger partial charge in [0.15, 0.2) is 0 Å². The first-order valence-electron chi connectivity index (χ1n) is 13.0. The molecule has 0 spiro atoms. The zero-order valence-corrected chi connectivity index (χ0v) is 23.2. The largest absolute Gasteiger partial charge is 0.486 e. The molecule has 0 radical (unpaired) electrons. The monoisotopic (exact) mass is 588 g/mol. The number of rotatable bonds is 9. The molecule has 41 heavy (non-hydrogen) atoms. The number of benzene rings is 2. The Morgan fingerprint density at radius 2 is 1.76 bits per heavy atom. The van der Waals surface area contributed by atoms with Gasteiger partial charge in [-0.3, -0.25) is 9.59 Å². The van der Waals surface area contributed by atoms with Crippen LogP contribution in [0.4, 0.5) is 20.2 Å². The van der Waals surface area contributed by atoms with Crippen LogP contribution in [0.25, 0.3) is 5.69 Å². The number of sulfonamides is 1. The molecular formula is C27H30F2N6O5S. The fourth-order valence-corrected chi connectivity index (χ4v) is 6.24. The second kappa shape index (κ2) is 10.7. The maximum absolute atomic E-state index is 13.9. The molecule has 0 unspecified atom stereocenters. The Balaban J connectivity index is 1.38. The summed E-state index contributed by atoms with van der Waals surface area (Å²) in [6.07, 6.45) is 3.27. The van der Waals surface area contributed by atoms with Crippen molar-refractivity contribution in [2.75, 3.05) is 43.4 Å². The minimum Gasteiger partial charge on any atom is -0.486 e. The first-order chi connectivity index (χ1) is 19.4. The van der Waals surface area contributed by atoms with Gasteiger partial charge >= 0.3 is 5.56 Å². The number of amides is 1. The quantitative estimate of drug-likeness (QED) is 0.360. The molecule has 2 fully saturated rings. The lowest BCUT2D eigenvalue weighted by atomic mass is 10.1. The van der Waals surface area contributed by atoms with Crippen LogP contribution in [-0.2, 0) is 15.8 Å². The van der Waals surface area contributed by atoms with Crippen molar-refractivity contribution in [1.29, 1.82) is 0 Å². The molecule has 0 atom stereocenters. The van der Waals surface area contributed by atoms with Crippen molar-refractivity contribution in [2.24, 2.45) is 11.1 Å². The second-order valence-electron chi connectivity index (χ2n) is 10.7. The highest BCUT2D eigenvalue weighted by Crippen LogP contribution is 2.45. The summed E-state index contributed by atoms with van der Waals surface area (Å²) >= 11 is 0. The fourth-order valence-electron chi connectivity index (χ4n) is 4.69. The lowest BCUT2D eigenvalue weighted by Gasteiger charge is -2.36. The van der Waals surface area contributed by atoms with Gasteiger partial charge in [-0.05, 0) is 36.6 Å². The summed E-state index contributed by atoms with van der Waals surface area (Å²) in [7, 11) is -3.81. The van der Waals surface area contributed by atoms with Crippen LogP contribution in [0.2, 0.25) is 0 Å². The summed E-state index contributed by atoms with van der Waals surface area (Å²) < 4.78 is 62.4. The number of carbonyl (C=O) groups is 1. The number of anilines is 2. The van der Waals surface area contributed by atoms with E-state index >= 15 is 0 Å². The SMILES string of the molecule is CC1(COc2c(N3CCN(S(=O)(=O)Cc4cccc(C(N)=O)c4N)CC3)cnn(-c3cc(F)cc(F)c3)c2=O)CC1. The van der Waals surface area contributed by atoms with E-state index in [1.54, 1.807) is 4.90 Å². The summed E-state index contributed by atoms with van der Waals surface area (Å²) in [5.41, 5.74) is 11.2. The van der Waals surface area contributed by atoms with E-state index in [1.165, 1.54) is 28.7 Å². The molecule has 11 nitrogen and oxygen atoms in total. The zero-order chi connectivity index (χ0) is 29.5. The number of piperazine rings is 1. The molecule has 1 aliphatic heterocycles. The summed E-state index contributed by atoms with van der Waals surface area (Å²) in [6, 6.07) is 7.19. The molecule has 14 heteroatoms. The van der Waals surface area contributed by atoms with Gasteiger partial charge in [-0.15, -0.1) is 0 Å². The number of hydrogen-bond donors (Lipinski definition) is 2. The molecule has 218 valence electrons. The van der Waals surface area contributed by atoms with E-state index in [-0.39, 0.29) is 66.5 Å². The van der Waals surface area contributed by atoms with E-state index in [2.05, 4.69) is 5.10 Å². The molecule has 1 saturated heterocycles. The number of para-hydroxylation sites is 1. The van der Waals surface area contributed by atoms with Crippen molar-refractivity contribution in [1.82, 2.24) is 14.1 Å². The van der Waals surface area contributed by atoms with Gasteiger partial charge in [0.25, 0.3) is 5.91 Å². The molecule has 1 amide bonds. The highest BCUT2D eigenvalue weighted by atomic mass is 32.2. The third-order valence-electron chi connectivity index (χ3n) is 7.45. The Hall–Kier alpha value is -4.04. The van der Waals surface area contributed by atoms with Crippen molar-refractivity contribution in [2.45, 2.75) is 25.5 Å². The number of hydrogen-bond acceptors (Lipinski definition) is 8. The van der Waals surface area contributed by atoms with Crippen LogP contribution in [0.1, 0.15) is 35.7 Å². The fraction of sp³-hybridized carbons (Fsp3) is 0.370. The number of carbonyl (C=O) groups excluding carboxylic acids is 1. The Bertz CT molecular complexity index is 1650. The molecule has 5 rings (SSSR count). The second-order valence-corrected chi connectivity index (χ2v) is 12.7. The number of nitrogens with two attached hydrogens (primary N) is 2. The molecule has 0 bridgehead atoms. The average molecular weight is 589 g/mol. The Morgan fingerprint density at radius 1 is 1.10 bits per heavy atom. The minimum atomic E-state index is -3.81. The summed E-state index contributed by atoms with van der Waals surface area (Å²) in [6.45, 7) is 2.97. The maximum atomic E-state index is 13.9. The summed E-state index contributed by atoms with van der Waals surface area (Å²) in [5.74, 6) is -2.89. The number of nitrogens with zero attached hydrogens (tertiary/aromatic N) is 4. The highest BCUT2D eigenvalue weighted by Gasteiger charge is 2.39. The van der Waals surface area contributed by atoms with E-state index in [9.17, 15) is 26.8 Å². The van der Waals surface area contributed by atoms with Crippen molar-refractivity contribution < 1.29 is 26.7 Å². The third-order valence-corrected chi connectivity index (χ3v) is 9.28. The minimum absolute atomic E-state index is 0.0230. The van der Waals surface area contributed by atoms with Crippen LogP contribution in [0.3, 0.4) is 0 Å². The van der Waals surface area contributed by atoms with Gasteiger partial charge in [-0.1, -0.05) is 19.1 Å². The zero-order valence-electron chi connectivity index (χ0n) is 22.3. The Morgan fingerprint density at radius 3 is 2.37 bits per heavy atom. The van der Waals surface area contributed by atoms with Crippen LogP contribution >= 0.6 is 0 Å². The van der Waals surface area contributed by atoms with E-state index in [0.717, 1.165) is 29.7 Å². The first-order valence-corrected chi connectivity index (χ1v) is 14.6. The smallest absolute Gasteiger partial charge is 0.316 e. The van der Waals surface area contributed by atoms with Crippen molar-refractivity contribution in [3.63, 3.8) is 0 Å². The molecule has 1 aromatic heterocycles. The lowest BCUT2D eigenvalue weighted by molar-refractivity contribution is 0.100. The van der Waals surface area contributed by atoms with Gasteiger partial charge in [-0.25, -0.2) is 17.2 Å². The predicted octanol–water partition coefficient (Wildman–Crippen LogP) is 2.02. The molecule has 2 aromatic carbocycles. The number of nitrogen functional groups attached to an aromatic ring is 1. The average Bonchev–Trinajstić information content (AvgIpc) is 3.65. The van der Waals surface area contributed by atoms with E-state index in [4.69, 9.17) is 16.2 Å². The van der Waals surface area contributed by atoms with Gasteiger partial charge in [0.1, 0.15) is 17.3 Å². The van der Waals surface area contributed by atoms with Crippen LogP contribution in [0, 0.1) is 17.0 Å². The Labute approximate surface area is 235 Å². The highest BCUT2D eigenvalue weighted by molar-refractivity contribution is 7.88. The normalized spacial score (nSPS) is 16.9. The van der Waals surface area contributed by atoms with Gasteiger partial charge < -0.3 is 21.1 Å². The lowest BCUT2D eigenvalue weighted by Crippen LogP contribution is -2.49. The summed E-state index contributed by atoms with van der Waals surface area (Å²) in [4.78, 5) is 26.9. The molecule has 1 aliphatic carbocycles. The number of aromatic nitrogens is 2. The van der Waals surface area contributed by atoms with E-state index in [1.807, 2.05) is 6.92 Å². The first kappa shape index (κ1) is 28.5. The van der Waals surface area contributed by atoms with Gasteiger partial charge in [-0.2, -0.15) is 14.1 Å². The van der Waals surface area contributed by atoms with Crippen LogP contribution < -0.4 is 26.7 Å². The van der Waals surface area contributed by atoms with Crippen molar-refractivity contribution in [3.8, 4) is 11.4 Å². The third kappa shape index (κ3) is 6.03. The molecule has 1 saturated carbocycles. The van der Waals surface area contributed by atoms with Gasteiger partial charge in [0, 0.05) is 43.3 Å². The maximum Gasteiger partial charge on any atom is 0.316 e. The van der Waals surface area contributed by atoms with Crippen LogP contribution in [0.15, 0.2) is 47.4 Å². The predicted molar refractivity (Wildman–Crippen MR) is 148 cm³/mol. The number of ether oxygens (including phenoxy) is 1. The molecule has 3 aromatic rings. The molecule has 2 heterocycles. The van der Waals surface area contributed by atoms with E-state index in [0.29, 0.717) is 11.8 Å². The summed E-state index contributed by atoms with van der Waals surface area (Å²) in [5, 5.41) is 4.15. The van der Waals surface area contributed by atoms with Gasteiger partial charge in [0.2, 0.25) is 15.8 Å². The number of halogens is 2. The topological polar surface area (TPSA) is 154 Å². The van der Waals surface area contributed by atoms with Crippen LogP contribution in [-0.4, -0.2) is 61.2 Å².